The third kappa shape index (κ3) is 4.50. The van der Waals surface area contributed by atoms with Crippen LogP contribution >= 0.6 is 0 Å². The maximum Gasteiger partial charge on any atom is 0.338 e. The van der Waals surface area contributed by atoms with Crippen molar-refractivity contribution in [3.63, 3.8) is 0 Å². The highest BCUT2D eigenvalue weighted by Crippen LogP contribution is 2.22. The molecule has 1 rings (SSSR count). The molecule has 0 fully saturated rings. The van der Waals surface area contributed by atoms with Crippen LogP contribution in [-0.2, 0) is 9.53 Å². The minimum Gasteiger partial charge on any atom is -0.495 e. The average molecular weight is 266 g/mol. The van der Waals surface area contributed by atoms with Crippen molar-refractivity contribution in [2.45, 2.75) is 13.3 Å². The van der Waals surface area contributed by atoms with Crippen LogP contribution in [0.2, 0.25) is 0 Å². The molecule has 1 aromatic carbocycles. The maximum absolute atomic E-state index is 11.7. The Morgan fingerprint density at radius 3 is 2.68 bits per heavy atom. The first kappa shape index (κ1) is 14.8. The van der Waals surface area contributed by atoms with Gasteiger partial charge in [-0.15, -0.1) is 0 Å². The monoisotopic (exact) mass is 266 g/mol. The molecule has 19 heavy (non-hydrogen) atoms. The number of ether oxygens (including phenoxy) is 2. The number of carbonyl (C=O) groups excluding carboxylic acids is 2. The van der Waals surface area contributed by atoms with Crippen LogP contribution in [0.1, 0.15) is 23.7 Å². The van der Waals surface area contributed by atoms with Crippen molar-refractivity contribution in [3.05, 3.63) is 23.8 Å². The predicted molar refractivity (Wildman–Crippen MR) is 71.0 cm³/mol. The van der Waals surface area contributed by atoms with Crippen LogP contribution in [0, 0.1) is 0 Å². The van der Waals surface area contributed by atoms with E-state index < -0.39 is 5.97 Å². The Morgan fingerprint density at radius 1 is 1.37 bits per heavy atom. The van der Waals surface area contributed by atoms with Gasteiger partial charge in [0.15, 0.2) is 0 Å². The zero-order chi connectivity index (χ0) is 14.3. The van der Waals surface area contributed by atoms with Gasteiger partial charge in [0.25, 0.3) is 0 Å². The summed E-state index contributed by atoms with van der Waals surface area (Å²) in [5.41, 5.74) is 6.38. The smallest absolute Gasteiger partial charge is 0.338 e. The first-order valence-corrected chi connectivity index (χ1v) is 5.95. The zero-order valence-electron chi connectivity index (χ0n) is 11.1. The SMILES string of the molecule is CCNC(=O)CCOC(=O)c1ccc(OC)c(N)c1. The maximum atomic E-state index is 11.7. The van der Waals surface area contributed by atoms with Crippen molar-refractivity contribution in [3.8, 4) is 5.75 Å². The Kier molecular flexibility index (Phi) is 5.66. The molecule has 104 valence electrons. The largest absolute Gasteiger partial charge is 0.495 e. The number of amides is 1. The predicted octanol–water partition coefficient (Wildman–Crippen LogP) is 0.960. The number of esters is 1. The lowest BCUT2D eigenvalue weighted by atomic mass is 10.2. The van der Waals surface area contributed by atoms with Gasteiger partial charge >= 0.3 is 5.97 Å². The van der Waals surface area contributed by atoms with Crippen molar-refractivity contribution in [2.24, 2.45) is 0 Å². The molecule has 6 nitrogen and oxygen atoms in total. The van der Waals surface area contributed by atoms with Crippen molar-refractivity contribution in [1.29, 1.82) is 0 Å². The number of anilines is 1. The van der Waals surface area contributed by atoms with Crippen LogP contribution in [0.25, 0.3) is 0 Å². The highest BCUT2D eigenvalue weighted by Gasteiger charge is 2.10. The van der Waals surface area contributed by atoms with E-state index in [1.54, 1.807) is 12.1 Å². The van der Waals surface area contributed by atoms with Gasteiger partial charge in [0.05, 0.1) is 24.8 Å². The fourth-order valence-corrected chi connectivity index (χ4v) is 1.47. The van der Waals surface area contributed by atoms with Crippen molar-refractivity contribution in [2.75, 3.05) is 26.0 Å². The van der Waals surface area contributed by atoms with E-state index in [9.17, 15) is 9.59 Å². The molecule has 0 spiro atoms. The van der Waals surface area contributed by atoms with Gasteiger partial charge in [-0.2, -0.15) is 0 Å². The highest BCUT2D eigenvalue weighted by molar-refractivity contribution is 5.91. The van der Waals surface area contributed by atoms with E-state index in [4.69, 9.17) is 15.2 Å². The minimum atomic E-state index is -0.515. The third-order valence-electron chi connectivity index (χ3n) is 2.40. The topological polar surface area (TPSA) is 90.6 Å². The molecule has 0 bridgehead atoms. The van der Waals surface area contributed by atoms with Gasteiger partial charge < -0.3 is 20.5 Å². The van der Waals surface area contributed by atoms with Crippen LogP contribution in [0.5, 0.6) is 5.75 Å². The molecule has 0 aliphatic carbocycles. The van der Waals surface area contributed by atoms with Crippen molar-refractivity contribution >= 4 is 17.6 Å². The van der Waals surface area contributed by atoms with Crippen LogP contribution < -0.4 is 15.8 Å². The molecule has 0 saturated heterocycles. The standard InChI is InChI=1S/C13H18N2O4/c1-3-15-12(16)6-7-19-13(17)9-4-5-11(18-2)10(14)8-9/h4-5,8H,3,6-7,14H2,1-2H3,(H,15,16). The summed E-state index contributed by atoms with van der Waals surface area (Å²) >= 11 is 0. The second kappa shape index (κ2) is 7.25. The number of rotatable bonds is 6. The summed E-state index contributed by atoms with van der Waals surface area (Å²) in [6.07, 6.45) is 0.144. The summed E-state index contributed by atoms with van der Waals surface area (Å²) < 4.78 is 9.97. The number of benzene rings is 1. The van der Waals surface area contributed by atoms with Gasteiger partial charge in [0.2, 0.25) is 5.91 Å². The van der Waals surface area contributed by atoms with E-state index in [1.165, 1.54) is 13.2 Å². The number of methoxy groups -OCH3 is 1. The molecule has 6 heteroatoms. The summed E-state index contributed by atoms with van der Waals surface area (Å²) in [4.78, 5) is 22.8. The number of nitrogens with two attached hydrogens (primary N) is 1. The summed E-state index contributed by atoms with van der Waals surface area (Å²) in [6, 6.07) is 4.63. The van der Waals surface area contributed by atoms with Crippen LogP contribution in [-0.4, -0.2) is 32.1 Å². The van der Waals surface area contributed by atoms with Gasteiger partial charge in [-0.1, -0.05) is 0 Å². The van der Waals surface area contributed by atoms with E-state index in [1.807, 2.05) is 6.92 Å². The summed E-state index contributed by atoms with van der Waals surface area (Å²) in [5.74, 6) is -0.165. The molecule has 0 radical (unpaired) electrons. The number of carbonyl (C=O) groups is 2. The van der Waals surface area contributed by atoms with Crippen LogP contribution in [0.4, 0.5) is 5.69 Å². The fourth-order valence-electron chi connectivity index (χ4n) is 1.47. The van der Waals surface area contributed by atoms with Crippen LogP contribution in [0.15, 0.2) is 18.2 Å². The second-order valence-corrected chi connectivity index (χ2v) is 3.80. The lowest BCUT2D eigenvalue weighted by molar-refractivity contribution is -0.121. The molecule has 0 atom stereocenters. The molecular weight excluding hydrogens is 248 g/mol. The third-order valence-corrected chi connectivity index (χ3v) is 2.40. The molecule has 3 N–H and O–H groups in total. The van der Waals surface area contributed by atoms with Crippen LogP contribution in [0.3, 0.4) is 0 Å². The Balaban J connectivity index is 2.50. The van der Waals surface area contributed by atoms with Crippen molar-refractivity contribution < 1.29 is 19.1 Å². The van der Waals surface area contributed by atoms with E-state index >= 15 is 0 Å². The second-order valence-electron chi connectivity index (χ2n) is 3.80. The molecular formula is C13H18N2O4. The number of nitrogens with one attached hydrogen (secondary N) is 1. The highest BCUT2D eigenvalue weighted by atomic mass is 16.5. The molecule has 0 aliphatic rings. The summed E-state index contributed by atoms with van der Waals surface area (Å²) in [7, 11) is 1.50. The average Bonchev–Trinajstić information content (AvgIpc) is 2.38. The zero-order valence-corrected chi connectivity index (χ0v) is 11.1. The molecule has 0 unspecified atom stereocenters. The van der Waals surface area contributed by atoms with E-state index in [-0.39, 0.29) is 18.9 Å². The molecule has 0 heterocycles. The summed E-state index contributed by atoms with van der Waals surface area (Å²) in [6.45, 7) is 2.42. The molecule has 0 aromatic heterocycles. The lowest BCUT2D eigenvalue weighted by Gasteiger charge is -2.07. The van der Waals surface area contributed by atoms with Crippen molar-refractivity contribution in [1.82, 2.24) is 5.32 Å². The van der Waals surface area contributed by atoms with Gasteiger partial charge in [0, 0.05) is 6.54 Å². The summed E-state index contributed by atoms with van der Waals surface area (Å²) in [5, 5.41) is 2.62. The number of hydrogen-bond donors (Lipinski definition) is 2. The minimum absolute atomic E-state index is 0.0383. The molecule has 0 saturated carbocycles. The lowest BCUT2D eigenvalue weighted by Crippen LogP contribution is -2.24. The fraction of sp³-hybridized carbons (Fsp3) is 0.385. The Labute approximate surface area is 111 Å². The van der Waals surface area contributed by atoms with Gasteiger partial charge in [-0.25, -0.2) is 4.79 Å². The Bertz CT molecular complexity index is 460. The molecule has 0 aliphatic heterocycles. The van der Waals surface area contributed by atoms with E-state index in [0.29, 0.717) is 23.5 Å². The quantitative estimate of drug-likeness (QED) is 0.591. The molecule has 1 aromatic rings. The normalized spacial score (nSPS) is 9.79. The first-order chi connectivity index (χ1) is 9.08. The van der Waals surface area contributed by atoms with E-state index in [2.05, 4.69) is 5.32 Å². The van der Waals surface area contributed by atoms with Gasteiger partial charge in [0.1, 0.15) is 12.4 Å². The first-order valence-electron chi connectivity index (χ1n) is 5.95. The number of hydrogen-bond acceptors (Lipinski definition) is 5. The van der Waals surface area contributed by atoms with E-state index in [0.717, 1.165) is 0 Å². The van der Waals surface area contributed by atoms with Gasteiger partial charge in [-0.05, 0) is 25.1 Å². The molecule has 1 amide bonds. The Hall–Kier alpha value is -2.24. The number of nitrogen functional groups attached to an aromatic ring is 1. The van der Waals surface area contributed by atoms with Gasteiger partial charge in [-0.3, -0.25) is 4.79 Å². The Morgan fingerprint density at radius 2 is 2.11 bits per heavy atom.